The third-order valence-electron chi connectivity index (χ3n) is 4.80. The van der Waals surface area contributed by atoms with E-state index in [2.05, 4.69) is 28.4 Å². The lowest BCUT2D eigenvalue weighted by molar-refractivity contribution is 0.311. The topological polar surface area (TPSA) is 15.3 Å². The summed E-state index contributed by atoms with van der Waals surface area (Å²) in [5.41, 5.74) is 4.87. The monoisotopic (exact) mass is 300 g/mol. The highest BCUT2D eigenvalue weighted by atomic mass is 35.5. The number of anilines is 1. The fourth-order valence-corrected chi connectivity index (χ4v) is 4.06. The van der Waals surface area contributed by atoms with E-state index in [9.17, 15) is 0 Å². The molecule has 1 aromatic carbocycles. The van der Waals surface area contributed by atoms with Gasteiger partial charge in [-0.15, -0.1) is 24.8 Å². The van der Waals surface area contributed by atoms with Crippen LogP contribution in [0.1, 0.15) is 29.9 Å². The van der Waals surface area contributed by atoms with Crippen LogP contribution in [0.3, 0.4) is 0 Å². The summed E-state index contributed by atoms with van der Waals surface area (Å²) in [6.07, 6.45) is 3.95. The Balaban J connectivity index is 0.000000667. The van der Waals surface area contributed by atoms with Crippen molar-refractivity contribution in [1.29, 1.82) is 0 Å². The summed E-state index contributed by atoms with van der Waals surface area (Å²) in [5, 5.41) is 3.57. The molecule has 1 saturated heterocycles. The number of piperidine rings is 1. The number of rotatable bonds is 0. The van der Waals surface area contributed by atoms with E-state index in [0.717, 1.165) is 11.8 Å². The lowest BCUT2D eigenvalue weighted by atomic mass is 9.75. The molecule has 19 heavy (non-hydrogen) atoms. The van der Waals surface area contributed by atoms with Crippen molar-refractivity contribution < 1.29 is 0 Å². The Morgan fingerprint density at radius 1 is 1.21 bits per heavy atom. The van der Waals surface area contributed by atoms with E-state index >= 15 is 0 Å². The van der Waals surface area contributed by atoms with Crippen LogP contribution < -0.4 is 10.2 Å². The van der Waals surface area contributed by atoms with Gasteiger partial charge in [0.15, 0.2) is 0 Å². The van der Waals surface area contributed by atoms with Crippen molar-refractivity contribution in [2.24, 2.45) is 5.92 Å². The Morgan fingerprint density at radius 2 is 2.11 bits per heavy atom. The average Bonchev–Trinajstić information content (AvgIpc) is 2.39. The third-order valence-corrected chi connectivity index (χ3v) is 4.80. The van der Waals surface area contributed by atoms with Crippen LogP contribution in [0, 0.1) is 5.92 Å². The van der Waals surface area contributed by atoms with Crippen LogP contribution in [0.2, 0.25) is 0 Å². The Bertz CT molecular complexity index is 450. The van der Waals surface area contributed by atoms with Crippen LogP contribution in [0.25, 0.3) is 0 Å². The summed E-state index contributed by atoms with van der Waals surface area (Å²) in [4.78, 5) is 2.66. The molecular formula is C15H22Cl2N2. The average molecular weight is 301 g/mol. The van der Waals surface area contributed by atoms with Gasteiger partial charge in [0, 0.05) is 25.3 Å². The van der Waals surface area contributed by atoms with Crippen molar-refractivity contribution in [2.45, 2.75) is 25.2 Å². The van der Waals surface area contributed by atoms with Gasteiger partial charge in [0.1, 0.15) is 0 Å². The second-order valence-corrected chi connectivity index (χ2v) is 5.76. The normalized spacial score (nSPS) is 27.5. The van der Waals surface area contributed by atoms with E-state index in [1.807, 2.05) is 0 Å². The fraction of sp³-hybridized carbons (Fsp3) is 0.600. The van der Waals surface area contributed by atoms with Gasteiger partial charge in [0.05, 0.1) is 0 Å². The molecule has 3 aliphatic heterocycles. The standard InChI is InChI=1S/C15H20N2.2ClH/c1-3-11-4-2-8-17-10-12-9-16-7-6-13(12)14(5-1)15(11)17;;/h1,3,5,12-13,16H,2,4,6-10H2;2*1H/t12-,13-;;/m1../s1. The third kappa shape index (κ3) is 2.35. The first-order valence-electron chi connectivity index (χ1n) is 7.01. The Morgan fingerprint density at radius 3 is 3.00 bits per heavy atom. The number of aryl methyl sites for hydroxylation is 1. The maximum atomic E-state index is 3.57. The van der Waals surface area contributed by atoms with Crippen LogP contribution in [-0.4, -0.2) is 26.2 Å². The van der Waals surface area contributed by atoms with E-state index in [-0.39, 0.29) is 24.8 Å². The molecule has 1 aromatic rings. The number of hydrogen-bond donors (Lipinski definition) is 1. The predicted octanol–water partition coefficient (Wildman–Crippen LogP) is 2.99. The summed E-state index contributed by atoms with van der Waals surface area (Å²) in [6, 6.07) is 7.01. The minimum absolute atomic E-state index is 0. The number of nitrogens with zero attached hydrogens (tertiary/aromatic N) is 1. The molecule has 4 rings (SSSR count). The molecule has 106 valence electrons. The van der Waals surface area contributed by atoms with Gasteiger partial charge in [-0.2, -0.15) is 0 Å². The maximum Gasteiger partial charge on any atom is 0.0434 e. The summed E-state index contributed by atoms with van der Waals surface area (Å²) in [5.74, 6) is 1.66. The van der Waals surface area contributed by atoms with Crippen molar-refractivity contribution in [3.05, 3.63) is 29.3 Å². The lowest BCUT2D eigenvalue weighted by Gasteiger charge is -2.46. The van der Waals surface area contributed by atoms with Crippen LogP contribution >= 0.6 is 24.8 Å². The van der Waals surface area contributed by atoms with Gasteiger partial charge in [-0.1, -0.05) is 18.2 Å². The van der Waals surface area contributed by atoms with Crippen molar-refractivity contribution >= 4 is 30.5 Å². The molecule has 0 saturated carbocycles. The molecular weight excluding hydrogens is 279 g/mol. The van der Waals surface area contributed by atoms with Gasteiger partial charge in [-0.25, -0.2) is 0 Å². The van der Waals surface area contributed by atoms with E-state index in [1.165, 1.54) is 45.4 Å². The summed E-state index contributed by atoms with van der Waals surface area (Å²) < 4.78 is 0. The molecule has 2 nitrogen and oxygen atoms in total. The van der Waals surface area contributed by atoms with Gasteiger partial charge < -0.3 is 10.2 Å². The summed E-state index contributed by atoms with van der Waals surface area (Å²) in [6.45, 7) is 4.96. The van der Waals surface area contributed by atoms with Crippen molar-refractivity contribution in [1.82, 2.24) is 5.32 Å². The highest BCUT2D eigenvalue weighted by molar-refractivity contribution is 5.85. The molecule has 0 aliphatic carbocycles. The molecule has 0 amide bonds. The first kappa shape index (κ1) is 15.0. The minimum atomic E-state index is 0. The predicted molar refractivity (Wildman–Crippen MR) is 85.2 cm³/mol. The molecule has 0 aromatic heterocycles. The Hall–Kier alpha value is -0.440. The van der Waals surface area contributed by atoms with Gasteiger partial charge in [0.2, 0.25) is 0 Å². The molecule has 4 heteroatoms. The molecule has 3 heterocycles. The SMILES string of the molecule is Cl.Cl.c1cc2c3c(c1)[C@@H]1CCNC[C@@H]1CN3CCC2. The quantitative estimate of drug-likeness (QED) is 0.792. The number of halogens is 2. The number of benzene rings is 1. The Kier molecular flexibility index (Phi) is 4.65. The highest BCUT2D eigenvalue weighted by Crippen LogP contribution is 2.44. The summed E-state index contributed by atoms with van der Waals surface area (Å²) >= 11 is 0. The molecule has 3 aliphatic rings. The highest BCUT2D eigenvalue weighted by Gasteiger charge is 2.36. The maximum absolute atomic E-state index is 3.57. The van der Waals surface area contributed by atoms with Crippen molar-refractivity contribution in [3.63, 3.8) is 0 Å². The zero-order chi connectivity index (χ0) is 11.2. The van der Waals surface area contributed by atoms with Gasteiger partial charge >= 0.3 is 0 Å². The molecule has 2 atom stereocenters. The number of fused-ring (bicyclic) bond motifs is 2. The number of para-hydroxylation sites is 1. The zero-order valence-corrected chi connectivity index (χ0v) is 12.7. The lowest BCUT2D eigenvalue weighted by Crippen LogP contribution is -2.47. The number of nitrogens with one attached hydrogen (secondary N) is 1. The van der Waals surface area contributed by atoms with Crippen molar-refractivity contribution in [2.75, 3.05) is 31.1 Å². The van der Waals surface area contributed by atoms with E-state index in [4.69, 9.17) is 0 Å². The summed E-state index contributed by atoms with van der Waals surface area (Å²) in [7, 11) is 0. The molecule has 0 radical (unpaired) electrons. The van der Waals surface area contributed by atoms with Gasteiger partial charge in [-0.3, -0.25) is 0 Å². The van der Waals surface area contributed by atoms with Crippen LogP contribution in [0.4, 0.5) is 5.69 Å². The van der Waals surface area contributed by atoms with Gasteiger partial charge in [-0.05, 0) is 48.8 Å². The number of hydrogen-bond acceptors (Lipinski definition) is 2. The second-order valence-electron chi connectivity index (χ2n) is 5.76. The van der Waals surface area contributed by atoms with E-state index < -0.39 is 0 Å². The molecule has 0 spiro atoms. The van der Waals surface area contributed by atoms with E-state index in [1.54, 1.807) is 16.8 Å². The van der Waals surface area contributed by atoms with Crippen LogP contribution in [0.15, 0.2) is 18.2 Å². The smallest absolute Gasteiger partial charge is 0.0434 e. The van der Waals surface area contributed by atoms with Crippen LogP contribution in [-0.2, 0) is 6.42 Å². The first-order valence-corrected chi connectivity index (χ1v) is 7.01. The Labute approximate surface area is 127 Å². The van der Waals surface area contributed by atoms with Gasteiger partial charge in [0.25, 0.3) is 0 Å². The second kappa shape index (κ2) is 5.90. The van der Waals surface area contributed by atoms with E-state index in [0.29, 0.717) is 0 Å². The molecule has 1 N–H and O–H groups in total. The first-order chi connectivity index (χ1) is 8.43. The zero-order valence-electron chi connectivity index (χ0n) is 11.1. The largest absolute Gasteiger partial charge is 0.371 e. The molecule has 0 unspecified atom stereocenters. The van der Waals surface area contributed by atoms with Crippen molar-refractivity contribution in [3.8, 4) is 0 Å². The molecule has 0 bridgehead atoms. The fourth-order valence-electron chi connectivity index (χ4n) is 4.06. The minimum Gasteiger partial charge on any atom is -0.371 e. The molecule has 1 fully saturated rings. The van der Waals surface area contributed by atoms with Crippen LogP contribution in [0.5, 0.6) is 0 Å².